The maximum absolute atomic E-state index is 13.9. The first-order chi connectivity index (χ1) is 27.3. The van der Waals surface area contributed by atoms with Gasteiger partial charge in [0.1, 0.15) is 12.4 Å². The molecule has 0 radical (unpaired) electrons. The lowest BCUT2D eigenvalue weighted by Crippen LogP contribution is -2.50. The number of rotatable bonds is 17. The summed E-state index contributed by atoms with van der Waals surface area (Å²) in [5.41, 5.74) is 6.50. The van der Waals surface area contributed by atoms with Crippen molar-refractivity contribution in [2.75, 3.05) is 13.1 Å². The molecule has 11 heteroatoms. The molecule has 1 aromatic heterocycles. The van der Waals surface area contributed by atoms with Crippen LogP contribution in [0.3, 0.4) is 0 Å². The molecule has 8 nitrogen and oxygen atoms in total. The Kier molecular flexibility index (Phi) is 14.5. The topological polar surface area (TPSA) is 95.2 Å². The number of amides is 1. The maximum atomic E-state index is 13.9. The van der Waals surface area contributed by atoms with Crippen molar-refractivity contribution in [1.82, 2.24) is 25.1 Å². The lowest BCUT2D eigenvalue weighted by Gasteiger charge is -2.31. The first-order valence-electron chi connectivity index (χ1n) is 18.4. The lowest BCUT2D eigenvalue weighted by atomic mass is 10.0. The van der Waals surface area contributed by atoms with Gasteiger partial charge in [-0.15, -0.1) is 0 Å². The van der Waals surface area contributed by atoms with E-state index in [9.17, 15) is 10.1 Å². The van der Waals surface area contributed by atoms with Crippen molar-refractivity contribution >= 4 is 46.4 Å². The molecule has 0 saturated heterocycles. The van der Waals surface area contributed by atoms with Crippen LogP contribution < -0.4 is 15.4 Å². The van der Waals surface area contributed by atoms with Gasteiger partial charge < -0.3 is 24.8 Å². The van der Waals surface area contributed by atoms with Crippen LogP contribution in [0.5, 0.6) is 5.75 Å². The predicted octanol–water partition coefficient (Wildman–Crippen LogP) is 8.58. The Labute approximate surface area is 343 Å². The lowest BCUT2D eigenvalue weighted by molar-refractivity contribution is -0.121. The molecule has 1 amide bonds. The minimum absolute atomic E-state index is 0.124. The summed E-state index contributed by atoms with van der Waals surface area (Å²) in [6.07, 6.45) is 4.88. The van der Waals surface area contributed by atoms with Gasteiger partial charge in [-0.25, -0.2) is 4.98 Å². The maximum Gasteiger partial charge on any atom is 0.226 e. The molecular weight excluding hydrogens is 760 g/mol. The minimum Gasteiger partial charge on any atom is -0.489 e. The number of halogens is 2. The molecule has 0 spiro atoms. The summed E-state index contributed by atoms with van der Waals surface area (Å²) in [6.45, 7) is 2.40. The van der Waals surface area contributed by atoms with Crippen molar-refractivity contribution in [1.29, 1.82) is 5.26 Å². The molecule has 6 aromatic rings. The van der Waals surface area contributed by atoms with E-state index in [1.165, 1.54) is 5.56 Å². The van der Waals surface area contributed by atoms with Gasteiger partial charge in [0, 0.05) is 38.1 Å². The van der Waals surface area contributed by atoms with Crippen molar-refractivity contribution < 1.29 is 9.53 Å². The number of benzene rings is 5. The molecule has 0 bridgehead atoms. The van der Waals surface area contributed by atoms with E-state index >= 15 is 0 Å². The van der Waals surface area contributed by atoms with Crippen LogP contribution >= 0.6 is 35.4 Å². The van der Waals surface area contributed by atoms with Gasteiger partial charge in [-0.1, -0.05) is 120 Å². The zero-order chi connectivity index (χ0) is 39.1. The van der Waals surface area contributed by atoms with E-state index in [4.69, 9.17) is 40.2 Å². The molecule has 0 aliphatic carbocycles. The van der Waals surface area contributed by atoms with Gasteiger partial charge in [-0.3, -0.25) is 4.79 Å². The Morgan fingerprint density at radius 3 is 2.27 bits per heavy atom. The third-order valence-corrected chi connectivity index (χ3v) is 10.5. The van der Waals surface area contributed by atoms with Gasteiger partial charge in [0.05, 0.1) is 40.5 Å². The number of nitriles is 1. The molecule has 0 fully saturated rings. The highest BCUT2D eigenvalue weighted by Crippen LogP contribution is 2.27. The van der Waals surface area contributed by atoms with Gasteiger partial charge in [0.15, 0.2) is 5.11 Å². The van der Waals surface area contributed by atoms with Gasteiger partial charge in [-0.2, -0.15) is 5.26 Å². The number of thiocarbonyl (C=S) groups is 1. The largest absolute Gasteiger partial charge is 0.489 e. The Balaban J connectivity index is 1.20. The summed E-state index contributed by atoms with van der Waals surface area (Å²) in [6, 6.07) is 43.0. The summed E-state index contributed by atoms with van der Waals surface area (Å²) in [4.78, 5) is 20.3. The molecule has 5 aromatic carbocycles. The monoisotopic (exact) mass is 800 g/mol. The highest BCUT2D eigenvalue weighted by atomic mass is 35.5. The molecule has 6 rings (SSSR count). The zero-order valence-corrected chi connectivity index (χ0v) is 33.1. The second-order valence-electron chi connectivity index (χ2n) is 13.4. The fraction of sp³-hybridized carbons (Fsp3) is 0.200. The number of hydrogen-bond acceptors (Lipinski definition) is 5. The third-order valence-electron chi connectivity index (χ3n) is 9.25. The Hall–Kier alpha value is -5.66. The van der Waals surface area contributed by atoms with Crippen LogP contribution in [0, 0.1) is 11.3 Å². The summed E-state index contributed by atoms with van der Waals surface area (Å²) in [5.74, 6) is 0.609. The first kappa shape index (κ1) is 40.0. The van der Waals surface area contributed by atoms with E-state index in [0.717, 1.165) is 40.1 Å². The second-order valence-corrected chi connectivity index (χ2v) is 14.6. The van der Waals surface area contributed by atoms with Crippen molar-refractivity contribution in [3.63, 3.8) is 0 Å². The van der Waals surface area contributed by atoms with E-state index in [0.29, 0.717) is 59.9 Å². The van der Waals surface area contributed by atoms with Gasteiger partial charge in [0.2, 0.25) is 5.91 Å². The van der Waals surface area contributed by atoms with Crippen LogP contribution in [-0.2, 0) is 43.8 Å². The molecule has 56 heavy (non-hydrogen) atoms. The Morgan fingerprint density at radius 2 is 1.55 bits per heavy atom. The van der Waals surface area contributed by atoms with E-state index in [2.05, 4.69) is 33.8 Å². The van der Waals surface area contributed by atoms with Gasteiger partial charge in [-0.05, 0) is 83.2 Å². The molecule has 0 aliphatic heterocycles. The number of carbonyl (C=O) groups excluding carboxylic acids is 1. The summed E-state index contributed by atoms with van der Waals surface area (Å²) < 4.78 is 7.99. The van der Waals surface area contributed by atoms with Crippen molar-refractivity contribution in [2.24, 2.45) is 0 Å². The van der Waals surface area contributed by atoms with E-state index < -0.39 is 0 Å². The van der Waals surface area contributed by atoms with E-state index in [1.54, 1.807) is 30.7 Å². The van der Waals surface area contributed by atoms with Crippen LogP contribution in [0.4, 0.5) is 0 Å². The number of nitrogens with zero attached hydrogens (tertiary/aromatic N) is 4. The Bertz CT molecular complexity index is 2230. The fourth-order valence-corrected chi connectivity index (χ4v) is 6.92. The standard InChI is InChI=1S/C45H42Cl2N6O2S/c46-42-13-7-12-38(44(42)47)29-52(45(56)50-23-22-33-8-3-1-4-9-33)30-39(24-34-18-20-41(21-19-34)55-31-37-10-5-2-6-11-37)51-43(54)25-40-27-49-32-53(40)28-36-16-14-35(26-48)15-17-36/h1-21,27,32,39H,22-25,28-31H2,(H,50,56)(H,51,54)/t39-/m0/s1. The number of aromatic nitrogens is 2. The molecule has 0 saturated carbocycles. The normalized spacial score (nSPS) is 11.3. The molecule has 1 heterocycles. The number of nitrogens with one attached hydrogen (secondary N) is 2. The molecule has 0 aliphatic rings. The van der Waals surface area contributed by atoms with Crippen LogP contribution in [0.2, 0.25) is 10.0 Å². The summed E-state index contributed by atoms with van der Waals surface area (Å²) in [5, 5.41) is 17.4. The number of hydrogen-bond donors (Lipinski definition) is 2. The highest BCUT2D eigenvalue weighted by molar-refractivity contribution is 7.80. The van der Waals surface area contributed by atoms with Crippen LogP contribution in [0.15, 0.2) is 140 Å². The smallest absolute Gasteiger partial charge is 0.226 e. The molecule has 0 unspecified atom stereocenters. The number of carbonyl (C=O) groups is 1. The molecular formula is C45H42Cl2N6O2S. The number of imidazole rings is 1. The third kappa shape index (κ3) is 11.9. The summed E-state index contributed by atoms with van der Waals surface area (Å²) >= 11 is 19.2. The van der Waals surface area contributed by atoms with Crippen molar-refractivity contribution in [3.8, 4) is 11.8 Å². The van der Waals surface area contributed by atoms with E-state index in [-0.39, 0.29) is 18.4 Å². The van der Waals surface area contributed by atoms with Crippen LogP contribution in [0.1, 0.15) is 39.1 Å². The van der Waals surface area contributed by atoms with Crippen molar-refractivity contribution in [3.05, 3.63) is 189 Å². The number of ether oxygens (including phenoxy) is 1. The van der Waals surface area contributed by atoms with Gasteiger partial charge in [0.25, 0.3) is 0 Å². The average Bonchev–Trinajstić information content (AvgIpc) is 3.65. The molecule has 2 N–H and O–H groups in total. The van der Waals surface area contributed by atoms with E-state index in [1.807, 2.05) is 107 Å². The predicted molar refractivity (Wildman–Crippen MR) is 227 cm³/mol. The van der Waals surface area contributed by atoms with Crippen LogP contribution in [0.25, 0.3) is 0 Å². The minimum atomic E-state index is -0.347. The van der Waals surface area contributed by atoms with Crippen molar-refractivity contribution in [2.45, 2.75) is 45.0 Å². The highest BCUT2D eigenvalue weighted by Gasteiger charge is 2.22. The SMILES string of the molecule is N#Cc1ccc(Cn2cncc2CC(=O)N[C@@H](Cc2ccc(OCc3ccccc3)cc2)CN(Cc2cccc(Cl)c2Cl)C(=S)NCCc2ccccc2)cc1. The quantitative estimate of drug-likeness (QED) is 0.0893. The second kappa shape index (κ2) is 20.3. The first-order valence-corrected chi connectivity index (χ1v) is 19.5. The Morgan fingerprint density at radius 1 is 0.857 bits per heavy atom. The zero-order valence-electron chi connectivity index (χ0n) is 30.8. The van der Waals surface area contributed by atoms with Crippen LogP contribution in [-0.4, -0.2) is 44.6 Å². The fourth-order valence-electron chi connectivity index (χ4n) is 6.30. The summed E-state index contributed by atoms with van der Waals surface area (Å²) in [7, 11) is 0. The average molecular weight is 802 g/mol. The molecule has 1 atom stereocenters. The van der Waals surface area contributed by atoms with Gasteiger partial charge >= 0.3 is 0 Å². The molecule has 284 valence electrons.